The molecule has 0 unspecified atom stereocenters. The van der Waals surface area contributed by atoms with Gasteiger partial charge in [0.05, 0.1) is 30.4 Å². The van der Waals surface area contributed by atoms with Gasteiger partial charge in [0.2, 0.25) is 0 Å². The second-order valence-electron chi connectivity index (χ2n) is 8.35. The van der Waals surface area contributed by atoms with Crippen molar-refractivity contribution in [1.29, 1.82) is 0 Å². The van der Waals surface area contributed by atoms with E-state index in [0.717, 1.165) is 41.7 Å². The molecule has 160 valence electrons. The number of nitrogens with zero attached hydrogens (tertiary/aromatic N) is 3. The second-order valence-corrected chi connectivity index (χ2v) is 8.35. The van der Waals surface area contributed by atoms with Crippen molar-refractivity contribution in [2.75, 3.05) is 44.3 Å². The molecule has 3 heterocycles. The highest BCUT2D eigenvalue weighted by molar-refractivity contribution is 6.00. The van der Waals surface area contributed by atoms with Crippen LogP contribution >= 0.6 is 0 Å². The number of hydrogen-bond acceptors (Lipinski definition) is 5. The Hall–Kier alpha value is -2.96. The summed E-state index contributed by atoms with van der Waals surface area (Å²) in [4.78, 5) is 21.9. The lowest BCUT2D eigenvalue weighted by atomic mass is 9.94. The zero-order chi connectivity index (χ0) is 21.2. The summed E-state index contributed by atoms with van der Waals surface area (Å²) >= 11 is 0. The molecule has 6 nitrogen and oxygen atoms in total. The fourth-order valence-electron chi connectivity index (χ4n) is 4.74. The minimum absolute atomic E-state index is 0.00491. The standard InChI is InChI=1S/C25H27N3O3/c29-24-17-28(16-19(24)15-18-9-10-26-22-7-3-1-5-20(18)22)25(30)21-6-2-4-8-23(21)27-11-13-31-14-12-27/h1-10,19,24,29H,11-17H2/t19-,24-/m1/s1. The molecule has 2 aliphatic rings. The first-order chi connectivity index (χ1) is 15.2. The van der Waals surface area contributed by atoms with Crippen LogP contribution in [0, 0.1) is 5.92 Å². The number of rotatable bonds is 4. The van der Waals surface area contributed by atoms with Crippen LogP contribution in [0.5, 0.6) is 0 Å². The highest BCUT2D eigenvalue weighted by Crippen LogP contribution is 2.29. The number of carbonyl (C=O) groups is 1. The summed E-state index contributed by atoms with van der Waals surface area (Å²) in [5.41, 5.74) is 3.78. The van der Waals surface area contributed by atoms with Gasteiger partial charge in [-0.1, -0.05) is 30.3 Å². The van der Waals surface area contributed by atoms with Crippen molar-refractivity contribution in [3.63, 3.8) is 0 Å². The van der Waals surface area contributed by atoms with Gasteiger partial charge in [0.1, 0.15) is 0 Å². The number of β-amino-alcohol motifs (C(OH)–C–C–N with tert-alkyl or cyclic N) is 1. The van der Waals surface area contributed by atoms with Gasteiger partial charge >= 0.3 is 0 Å². The third-order valence-corrected chi connectivity index (χ3v) is 6.40. The number of benzene rings is 2. The molecule has 0 radical (unpaired) electrons. The van der Waals surface area contributed by atoms with Crippen LogP contribution in [0.15, 0.2) is 60.8 Å². The summed E-state index contributed by atoms with van der Waals surface area (Å²) in [7, 11) is 0. The van der Waals surface area contributed by atoms with Crippen molar-refractivity contribution in [1.82, 2.24) is 9.88 Å². The molecule has 0 aliphatic carbocycles. The van der Waals surface area contributed by atoms with Gasteiger partial charge in [-0.25, -0.2) is 0 Å². The average Bonchev–Trinajstić information content (AvgIpc) is 3.19. The van der Waals surface area contributed by atoms with Crippen molar-refractivity contribution in [2.45, 2.75) is 12.5 Å². The molecule has 5 rings (SSSR count). The Morgan fingerprint density at radius 3 is 2.68 bits per heavy atom. The van der Waals surface area contributed by atoms with E-state index in [4.69, 9.17) is 4.74 Å². The van der Waals surface area contributed by atoms with E-state index in [9.17, 15) is 9.90 Å². The number of fused-ring (bicyclic) bond motifs is 1. The number of hydrogen-bond donors (Lipinski definition) is 1. The Kier molecular flexibility index (Phi) is 5.57. The summed E-state index contributed by atoms with van der Waals surface area (Å²) in [6, 6.07) is 17.9. The largest absolute Gasteiger partial charge is 0.391 e. The van der Waals surface area contributed by atoms with Crippen LogP contribution < -0.4 is 4.90 Å². The van der Waals surface area contributed by atoms with Gasteiger partial charge in [-0.15, -0.1) is 0 Å². The maximum absolute atomic E-state index is 13.4. The molecule has 6 heteroatoms. The molecule has 2 aliphatic heterocycles. The zero-order valence-corrected chi connectivity index (χ0v) is 17.5. The molecule has 1 amide bonds. The molecule has 2 saturated heterocycles. The monoisotopic (exact) mass is 417 g/mol. The van der Waals surface area contributed by atoms with E-state index >= 15 is 0 Å². The van der Waals surface area contributed by atoms with Gasteiger partial charge in [-0.05, 0) is 36.2 Å². The molecular formula is C25H27N3O3. The minimum atomic E-state index is -0.536. The number of morpholine rings is 1. The van der Waals surface area contributed by atoms with Gasteiger partial charge < -0.3 is 19.6 Å². The third kappa shape index (κ3) is 4.01. The number of carbonyl (C=O) groups excluding carboxylic acids is 1. The van der Waals surface area contributed by atoms with E-state index in [1.165, 1.54) is 0 Å². The van der Waals surface area contributed by atoms with E-state index in [-0.39, 0.29) is 11.8 Å². The number of amides is 1. The minimum Gasteiger partial charge on any atom is -0.391 e. The fourth-order valence-corrected chi connectivity index (χ4v) is 4.74. The molecule has 0 spiro atoms. The van der Waals surface area contributed by atoms with Crippen LogP contribution in [-0.4, -0.2) is 66.4 Å². The number of para-hydroxylation sites is 2. The maximum atomic E-state index is 13.4. The predicted octanol–water partition coefficient (Wildman–Crippen LogP) is 2.75. The topological polar surface area (TPSA) is 65.9 Å². The number of ether oxygens (including phenoxy) is 1. The fraction of sp³-hybridized carbons (Fsp3) is 0.360. The molecule has 1 N–H and O–H groups in total. The number of likely N-dealkylation sites (tertiary alicyclic amines) is 1. The van der Waals surface area contributed by atoms with Crippen LogP contribution in [0.4, 0.5) is 5.69 Å². The lowest BCUT2D eigenvalue weighted by molar-refractivity contribution is 0.0764. The number of anilines is 1. The van der Waals surface area contributed by atoms with Crippen molar-refractivity contribution in [2.24, 2.45) is 5.92 Å². The Morgan fingerprint density at radius 2 is 1.81 bits per heavy atom. The highest BCUT2D eigenvalue weighted by atomic mass is 16.5. The van der Waals surface area contributed by atoms with Gasteiger partial charge in [-0.3, -0.25) is 9.78 Å². The van der Waals surface area contributed by atoms with E-state index in [1.807, 2.05) is 54.7 Å². The molecule has 0 saturated carbocycles. The molecule has 2 atom stereocenters. The van der Waals surface area contributed by atoms with E-state index < -0.39 is 6.10 Å². The van der Waals surface area contributed by atoms with Crippen molar-refractivity contribution >= 4 is 22.5 Å². The van der Waals surface area contributed by atoms with Crippen LogP contribution in [0.3, 0.4) is 0 Å². The first kappa shape index (κ1) is 20.0. The number of aliphatic hydroxyl groups excluding tert-OH is 1. The summed E-state index contributed by atoms with van der Waals surface area (Å²) < 4.78 is 5.46. The summed E-state index contributed by atoms with van der Waals surface area (Å²) in [6.45, 7) is 3.83. The van der Waals surface area contributed by atoms with Crippen LogP contribution in [0.1, 0.15) is 15.9 Å². The molecule has 31 heavy (non-hydrogen) atoms. The number of aromatic nitrogens is 1. The molecule has 2 aromatic carbocycles. The first-order valence-electron chi connectivity index (χ1n) is 10.9. The van der Waals surface area contributed by atoms with Crippen LogP contribution in [0.2, 0.25) is 0 Å². The molecule has 2 fully saturated rings. The number of pyridine rings is 1. The van der Waals surface area contributed by atoms with Gasteiger partial charge in [0, 0.05) is 49.4 Å². The Bertz CT molecular complexity index is 1080. The van der Waals surface area contributed by atoms with Crippen LogP contribution in [0.25, 0.3) is 10.9 Å². The summed E-state index contributed by atoms with van der Waals surface area (Å²) in [5, 5.41) is 11.9. The smallest absolute Gasteiger partial charge is 0.256 e. The maximum Gasteiger partial charge on any atom is 0.256 e. The van der Waals surface area contributed by atoms with E-state index in [2.05, 4.69) is 16.0 Å². The molecule has 3 aromatic rings. The highest BCUT2D eigenvalue weighted by Gasteiger charge is 2.35. The van der Waals surface area contributed by atoms with Gasteiger partial charge in [0.25, 0.3) is 5.91 Å². The SMILES string of the molecule is O=C(c1ccccc1N1CCOCC1)N1C[C@@H](Cc2ccnc3ccccc23)[C@H](O)C1. The molecular weight excluding hydrogens is 390 g/mol. The molecule has 1 aromatic heterocycles. The summed E-state index contributed by atoms with van der Waals surface area (Å²) in [5.74, 6) is -0.00599. The van der Waals surface area contributed by atoms with Crippen molar-refractivity contribution in [3.05, 3.63) is 71.9 Å². The van der Waals surface area contributed by atoms with Crippen molar-refractivity contribution in [3.8, 4) is 0 Å². The quantitative estimate of drug-likeness (QED) is 0.707. The van der Waals surface area contributed by atoms with E-state index in [0.29, 0.717) is 31.9 Å². The van der Waals surface area contributed by atoms with Gasteiger partial charge in [0.15, 0.2) is 0 Å². The van der Waals surface area contributed by atoms with E-state index in [1.54, 1.807) is 4.90 Å². The third-order valence-electron chi connectivity index (χ3n) is 6.40. The Morgan fingerprint density at radius 1 is 1.03 bits per heavy atom. The zero-order valence-electron chi connectivity index (χ0n) is 17.5. The summed E-state index contributed by atoms with van der Waals surface area (Å²) in [6.07, 6.45) is 2.01. The number of aliphatic hydroxyl groups is 1. The predicted molar refractivity (Wildman–Crippen MR) is 120 cm³/mol. The van der Waals surface area contributed by atoms with Gasteiger partial charge in [-0.2, -0.15) is 0 Å². The first-order valence-corrected chi connectivity index (χ1v) is 10.9. The Labute approximate surface area is 182 Å². The average molecular weight is 418 g/mol. The van der Waals surface area contributed by atoms with Crippen LogP contribution in [-0.2, 0) is 11.2 Å². The second kappa shape index (κ2) is 8.65. The normalized spacial score (nSPS) is 21.6. The Balaban J connectivity index is 1.34. The lowest BCUT2D eigenvalue weighted by Crippen LogP contribution is -2.38. The molecule has 0 bridgehead atoms. The van der Waals surface area contributed by atoms with Crippen molar-refractivity contribution < 1.29 is 14.6 Å². The lowest BCUT2D eigenvalue weighted by Gasteiger charge is -2.31.